The van der Waals surface area contributed by atoms with Gasteiger partial charge in [0.15, 0.2) is 0 Å². The van der Waals surface area contributed by atoms with Crippen LogP contribution in [0.1, 0.15) is 34.8 Å². The lowest BCUT2D eigenvalue weighted by Crippen LogP contribution is -2.34. The van der Waals surface area contributed by atoms with Crippen LogP contribution < -0.4 is 5.73 Å². The summed E-state index contributed by atoms with van der Waals surface area (Å²) in [6.07, 6.45) is 0.362. The van der Waals surface area contributed by atoms with Gasteiger partial charge in [-0.15, -0.1) is 0 Å². The predicted octanol–water partition coefficient (Wildman–Crippen LogP) is 1.90. The van der Waals surface area contributed by atoms with Crippen LogP contribution in [0.4, 0.5) is 0 Å². The van der Waals surface area contributed by atoms with Gasteiger partial charge in [0.1, 0.15) is 5.84 Å². The Morgan fingerprint density at radius 3 is 2.37 bits per heavy atom. The SMILES string of the molecule is CCN(CCC(N)=NO)C(=O)c1cc(C)cc(C)c1. The van der Waals surface area contributed by atoms with Crippen molar-refractivity contribution in [3.05, 3.63) is 34.9 Å². The molecule has 1 rings (SSSR count). The molecule has 0 bridgehead atoms. The summed E-state index contributed by atoms with van der Waals surface area (Å²) >= 11 is 0. The lowest BCUT2D eigenvalue weighted by atomic mass is 10.1. The number of rotatable bonds is 5. The molecule has 0 unspecified atom stereocenters. The van der Waals surface area contributed by atoms with E-state index in [1.807, 2.05) is 39.0 Å². The van der Waals surface area contributed by atoms with Gasteiger partial charge in [-0.05, 0) is 32.9 Å². The van der Waals surface area contributed by atoms with E-state index in [0.29, 0.717) is 25.1 Å². The second-order valence-electron chi connectivity index (χ2n) is 4.60. The van der Waals surface area contributed by atoms with Gasteiger partial charge in [-0.2, -0.15) is 0 Å². The highest BCUT2D eigenvalue weighted by molar-refractivity contribution is 5.95. The van der Waals surface area contributed by atoms with E-state index < -0.39 is 0 Å². The fourth-order valence-electron chi connectivity index (χ4n) is 1.98. The number of amides is 1. The second kappa shape index (κ2) is 6.78. The van der Waals surface area contributed by atoms with Crippen molar-refractivity contribution in [3.8, 4) is 0 Å². The molecule has 0 fully saturated rings. The monoisotopic (exact) mass is 263 g/mol. The van der Waals surface area contributed by atoms with Crippen LogP contribution in [0.25, 0.3) is 0 Å². The summed E-state index contributed by atoms with van der Waals surface area (Å²) in [4.78, 5) is 14.1. The Bertz CT molecular complexity index is 463. The molecule has 0 radical (unpaired) electrons. The summed E-state index contributed by atoms with van der Waals surface area (Å²) in [5.41, 5.74) is 8.24. The molecule has 0 saturated carbocycles. The number of aryl methyl sites for hydroxylation is 2. The molecule has 0 atom stereocenters. The number of carbonyl (C=O) groups excluding carboxylic acids is 1. The molecule has 0 aliphatic carbocycles. The third-order valence-electron chi connectivity index (χ3n) is 2.90. The van der Waals surface area contributed by atoms with Crippen LogP contribution in [0, 0.1) is 13.8 Å². The van der Waals surface area contributed by atoms with Gasteiger partial charge in [0.05, 0.1) is 0 Å². The number of hydrogen-bond acceptors (Lipinski definition) is 3. The Labute approximate surface area is 113 Å². The number of carbonyl (C=O) groups is 1. The highest BCUT2D eigenvalue weighted by Crippen LogP contribution is 2.11. The van der Waals surface area contributed by atoms with Crippen LogP contribution in [-0.4, -0.2) is 34.9 Å². The minimum atomic E-state index is -0.0277. The Kier molecular flexibility index (Phi) is 5.36. The minimum Gasteiger partial charge on any atom is -0.409 e. The third kappa shape index (κ3) is 4.28. The predicted molar refractivity (Wildman–Crippen MR) is 75.5 cm³/mol. The molecule has 1 aromatic carbocycles. The molecule has 0 spiro atoms. The fourth-order valence-corrected chi connectivity index (χ4v) is 1.98. The van der Waals surface area contributed by atoms with Crippen LogP contribution >= 0.6 is 0 Å². The minimum absolute atomic E-state index is 0.0277. The maximum absolute atomic E-state index is 12.4. The summed E-state index contributed by atoms with van der Waals surface area (Å²) < 4.78 is 0. The van der Waals surface area contributed by atoms with Gasteiger partial charge in [-0.1, -0.05) is 22.3 Å². The zero-order valence-electron chi connectivity index (χ0n) is 11.7. The van der Waals surface area contributed by atoms with Gasteiger partial charge in [0.2, 0.25) is 0 Å². The fraction of sp³-hybridized carbons (Fsp3) is 0.429. The summed E-state index contributed by atoms with van der Waals surface area (Å²) in [7, 11) is 0. The summed E-state index contributed by atoms with van der Waals surface area (Å²) in [6, 6.07) is 5.78. The van der Waals surface area contributed by atoms with E-state index in [0.717, 1.165) is 11.1 Å². The van der Waals surface area contributed by atoms with E-state index in [-0.39, 0.29) is 11.7 Å². The van der Waals surface area contributed by atoms with E-state index in [1.165, 1.54) is 0 Å². The van der Waals surface area contributed by atoms with Gasteiger partial charge in [0.25, 0.3) is 5.91 Å². The van der Waals surface area contributed by atoms with Crippen molar-refractivity contribution in [3.63, 3.8) is 0 Å². The van der Waals surface area contributed by atoms with E-state index in [1.54, 1.807) is 4.90 Å². The van der Waals surface area contributed by atoms with Crippen molar-refractivity contribution < 1.29 is 10.0 Å². The lowest BCUT2D eigenvalue weighted by molar-refractivity contribution is 0.0768. The molecule has 0 saturated heterocycles. The molecule has 0 heterocycles. The van der Waals surface area contributed by atoms with E-state index in [9.17, 15) is 4.79 Å². The Balaban J connectivity index is 2.83. The van der Waals surface area contributed by atoms with Crippen molar-refractivity contribution in [2.75, 3.05) is 13.1 Å². The van der Waals surface area contributed by atoms with Crippen LogP contribution in [0.2, 0.25) is 0 Å². The topological polar surface area (TPSA) is 78.9 Å². The zero-order valence-corrected chi connectivity index (χ0v) is 11.7. The maximum Gasteiger partial charge on any atom is 0.253 e. The van der Waals surface area contributed by atoms with Crippen molar-refractivity contribution in [2.24, 2.45) is 10.9 Å². The standard InChI is InChI=1S/C14H21N3O2/c1-4-17(6-5-13(15)16-19)14(18)12-8-10(2)7-11(3)9-12/h7-9,19H,4-6H2,1-3H3,(H2,15,16). The first-order valence-corrected chi connectivity index (χ1v) is 6.32. The number of nitrogens with zero attached hydrogens (tertiary/aromatic N) is 2. The Hall–Kier alpha value is -2.04. The molecular weight excluding hydrogens is 242 g/mol. The zero-order chi connectivity index (χ0) is 14.4. The highest BCUT2D eigenvalue weighted by Gasteiger charge is 2.15. The molecule has 0 aliphatic heterocycles. The first kappa shape index (κ1) is 15.0. The number of amidine groups is 1. The molecule has 104 valence electrons. The summed E-state index contributed by atoms with van der Waals surface area (Å²) in [5, 5.41) is 11.4. The molecule has 0 aromatic heterocycles. The molecule has 3 N–H and O–H groups in total. The Morgan fingerprint density at radius 2 is 1.89 bits per heavy atom. The molecule has 5 nitrogen and oxygen atoms in total. The lowest BCUT2D eigenvalue weighted by Gasteiger charge is -2.21. The summed E-state index contributed by atoms with van der Waals surface area (Å²) in [5.74, 6) is 0.103. The second-order valence-corrected chi connectivity index (χ2v) is 4.60. The molecule has 5 heteroatoms. The molecule has 19 heavy (non-hydrogen) atoms. The normalized spacial score (nSPS) is 11.4. The van der Waals surface area contributed by atoms with Gasteiger partial charge >= 0.3 is 0 Å². The van der Waals surface area contributed by atoms with Crippen LogP contribution in [0.15, 0.2) is 23.4 Å². The van der Waals surface area contributed by atoms with E-state index in [4.69, 9.17) is 10.9 Å². The van der Waals surface area contributed by atoms with Crippen molar-refractivity contribution in [1.29, 1.82) is 0 Å². The number of oxime groups is 1. The first-order chi connectivity index (χ1) is 8.97. The molecule has 0 aliphatic rings. The third-order valence-corrected chi connectivity index (χ3v) is 2.90. The van der Waals surface area contributed by atoms with Crippen molar-refractivity contribution in [2.45, 2.75) is 27.2 Å². The van der Waals surface area contributed by atoms with Crippen LogP contribution in [0.5, 0.6) is 0 Å². The van der Waals surface area contributed by atoms with Crippen LogP contribution in [0.3, 0.4) is 0 Å². The molecular formula is C14H21N3O2. The van der Waals surface area contributed by atoms with E-state index in [2.05, 4.69) is 5.16 Å². The Morgan fingerprint density at radius 1 is 1.32 bits per heavy atom. The molecule has 1 amide bonds. The van der Waals surface area contributed by atoms with Gasteiger partial charge in [-0.25, -0.2) is 0 Å². The van der Waals surface area contributed by atoms with Gasteiger partial charge in [0, 0.05) is 25.1 Å². The van der Waals surface area contributed by atoms with Crippen LogP contribution in [-0.2, 0) is 0 Å². The maximum atomic E-state index is 12.4. The largest absolute Gasteiger partial charge is 0.409 e. The smallest absolute Gasteiger partial charge is 0.253 e. The summed E-state index contributed by atoms with van der Waals surface area (Å²) in [6.45, 7) is 6.88. The van der Waals surface area contributed by atoms with Gasteiger partial charge in [-0.3, -0.25) is 4.79 Å². The first-order valence-electron chi connectivity index (χ1n) is 6.32. The average Bonchev–Trinajstić information content (AvgIpc) is 2.37. The van der Waals surface area contributed by atoms with Gasteiger partial charge < -0.3 is 15.8 Å². The average molecular weight is 263 g/mol. The molecule has 1 aromatic rings. The number of hydrogen-bond donors (Lipinski definition) is 2. The highest BCUT2D eigenvalue weighted by atomic mass is 16.4. The number of benzene rings is 1. The van der Waals surface area contributed by atoms with Crippen molar-refractivity contribution in [1.82, 2.24) is 4.90 Å². The number of nitrogens with two attached hydrogens (primary N) is 1. The van der Waals surface area contributed by atoms with E-state index >= 15 is 0 Å². The quantitative estimate of drug-likeness (QED) is 0.368. The van der Waals surface area contributed by atoms with Crippen molar-refractivity contribution >= 4 is 11.7 Å².